The van der Waals surface area contributed by atoms with Crippen LogP contribution in [0.4, 0.5) is 5.69 Å². The summed E-state index contributed by atoms with van der Waals surface area (Å²) in [5, 5.41) is 11.1. The second-order valence-electron chi connectivity index (χ2n) is 6.08. The first-order valence-corrected chi connectivity index (χ1v) is 9.81. The maximum Gasteiger partial charge on any atom is 0.274 e. The molecule has 4 nitrogen and oxygen atoms in total. The fourth-order valence-corrected chi connectivity index (χ4v) is 2.68. The predicted molar refractivity (Wildman–Crippen MR) is 82.8 cm³/mol. The number of benzene rings is 1. The molecule has 106 valence electrons. The lowest BCUT2D eigenvalue weighted by atomic mass is 10.2. The molecule has 19 heavy (non-hydrogen) atoms. The summed E-state index contributed by atoms with van der Waals surface area (Å²) < 4.78 is 6.87. The largest absolute Gasteiger partial charge is 0.412 e. The van der Waals surface area contributed by atoms with Crippen molar-refractivity contribution in [2.75, 3.05) is 0 Å². The Morgan fingerprint density at radius 3 is 2.42 bits per heavy atom. The van der Waals surface area contributed by atoms with E-state index in [1.165, 1.54) is 6.07 Å². The second kappa shape index (κ2) is 5.72. The minimum Gasteiger partial charge on any atom is -0.412 e. The number of hydrogen-bond acceptors (Lipinski definition) is 3. The summed E-state index contributed by atoms with van der Waals surface area (Å²) in [7, 11) is -1.90. The van der Waals surface area contributed by atoms with Gasteiger partial charge in [0.2, 0.25) is 0 Å². The average molecular weight is 346 g/mol. The third kappa shape index (κ3) is 4.12. The highest BCUT2D eigenvalue weighted by molar-refractivity contribution is 9.10. The summed E-state index contributed by atoms with van der Waals surface area (Å²) in [4.78, 5) is 10.6. The molecule has 0 atom stereocenters. The van der Waals surface area contributed by atoms with Crippen molar-refractivity contribution in [2.45, 2.75) is 45.5 Å². The molecule has 0 aromatic heterocycles. The Balaban J connectivity index is 2.95. The van der Waals surface area contributed by atoms with Crippen LogP contribution in [0.2, 0.25) is 18.1 Å². The third-order valence-electron chi connectivity index (χ3n) is 3.63. The van der Waals surface area contributed by atoms with E-state index in [-0.39, 0.29) is 22.3 Å². The van der Waals surface area contributed by atoms with E-state index >= 15 is 0 Å². The quantitative estimate of drug-likeness (QED) is 0.444. The number of nitrogens with zero attached hydrogens (tertiary/aromatic N) is 1. The van der Waals surface area contributed by atoms with Crippen LogP contribution >= 0.6 is 15.9 Å². The standard InChI is InChI=1S/C13H20BrNO3Si/c1-13(2,3)19(4,5)18-9-10-8-11(14)6-7-12(10)15(16)17/h6-8H,9H2,1-5H3. The van der Waals surface area contributed by atoms with Gasteiger partial charge in [0.15, 0.2) is 8.32 Å². The van der Waals surface area contributed by atoms with Gasteiger partial charge in [-0.3, -0.25) is 10.1 Å². The van der Waals surface area contributed by atoms with Crippen LogP contribution in [0, 0.1) is 10.1 Å². The van der Waals surface area contributed by atoms with Crippen molar-refractivity contribution in [1.82, 2.24) is 0 Å². The summed E-state index contributed by atoms with van der Waals surface area (Å²) in [5.41, 5.74) is 0.728. The van der Waals surface area contributed by atoms with Crippen LogP contribution in [0.3, 0.4) is 0 Å². The van der Waals surface area contributed by atoms with Gasteiger partial charge in [-0.15, -0.1) is 0 Å². The van der Waals surface area contributed by atoms with Gasteiger partial charge < -0.3 is 4.43 Å². The molecular weight excluding hydrogens is 326 g/mol. The van der Waals surface area contributed by atoms with Gasteiger partial charge in [0, 0.05) is 10.5 Å². The zero-order valence-electron chi connectivity index (χ0n) is 12.0. The molecule has 0 heterocycles. The van der Waals surface area contributed by atoms with Crippen molar-refractivity contribution in [3.05, 3.63) is 38.3 Å². The van der Waals surface area contributed by atoms with E-state index in [1.807, 2.05) is 0 Å². The van der Waals surface area contributed by atoms with Crippen LogP contribution in [0.15, 0.2) is 22.7 Å². The minimum absolute atomic E-state index is 0.0911. The monoisotopic (exact) mass is 345 g/mol. The van der Waals surface area contributed by atoms with Crippen molar-refractivity contribution in [3.8, 4) is 0 Å². The first-order valence-electron chi connectivity index (χ1n) is 6.11. The number of halogens is 1. The first-order chi connectivity index (χ1) is 8.54. The van der Waals surface area contributed by atoms with Crippen LogP contribution in [0.25, 0.3) is 0 Å². The van der Waals surface area contributed by atoms with Gasteiger partial charge in [0.1, 0.15) is 0 Å². The molecule has 0 spiro atoms. The molecular formula is C13H20BrNO3Si. The summed E-state index contributed by atoms with van der Waals surface area (Å²) in [6.45, 7) is 11.0. The van der Waals surface area contributed by atoms with Gasteiger partial charge in [-0.1, -0.05) is 36.7 Å². The molecule has 0 bridgehead atoms. The molecule has 0 saturated carbocycles. The maximum absolute atomic E-state index is 11.0. The van der Waals surface area contributed by atoms with Crippen LogP contribution < -0.4 is 0 Å². The summed E-state index contributed by atoms with van der Waals surface area (Å²) in [6, 6.07) is 4.94. The molecule has 1 aromatic carbocycles. The van der Waals surface area contributed by atoms with Gasteiger partial charge >= 0.3 is 0 Å². The van der Waals surface area contributed by atoms with E-state index in [9.17, 15) is 10.1 Å². The fourth-order valence-electron chi connectivity index (χ4n) is 1.32. The lowest BCUT2D eigenvalue weighted by Crippen LogP contribution is -2.40. The molecule has 0 radical (unpaired) electrons. The summed E-state index contributed by atoms with van der Waals surface area (Å²) in [6.07, 6.45) is 0. The second-order valence-corrected chi connectivity index (χ2v) is 11.8. The normalized spacial score (nSPS) is 12.5. The maximum atomic E-state index is 11.0. The minimum atomic E-state index is -1.90. The van der Waals surface area contributed by atoms with E-state index in [0.717, 1.165) is 4.47 Å². The van der Waals surface area contributed by atoms with Gasteiger partial charge in [0.25, 0.3) is 5.69 Å². The van der Waals surface area contributed by atoms with Crippen LogP contribution in [-0.4, -0.2) is 13.2 Å². The Labute approximate surface area is 123 Å². The van der Waals surface area contributed by atoms with Crippen molar-refractivity contribution >= 4 is 29.9 Å². The van der Waals surface area contributed by atoms with Crippen LogP contribution in [0.1, 0.15) is 26.3 Å². The molecule has 0 aliphatic rings. The van der Waals surface area contributed by atoms with Crippen molar-refractivity contribution in [1.29, 1.82) is 0 Å². The summed E-state index contributed by atoms with van der Waals surface area (Å²) in [5.74, 6) is 0. The molecule has 0 fully saturated rings. The van der Waals surface area contributed by atoms with Crippen LogP contribution in [0.5, 0.6) is 0 Å². The first kappa shape index (κ1) is 16.3. The average Bonchev–Trinajstić information content (AvgIpc) is 2.24. The van der Waals surface area contributed by atoms with E-state index in [0.29, 0.717) is 5.56 Å². The molecule has 0 N–H and O–H groups in total. The number of nitro groups is 1. The lowest BCUT2D eigenvalue weighted by molar-refractivity contribution is -0.385. The van der Waals surface area contributed by atoms with Gasteiger partial charge in [-0.2, -0.15) is 0 Å². The fraction of sp³-hybridized carbons (Fsp3) is 0.538. The molecule has 6 heteroatoms. The number of rotatable bonds is 4. The van der Waals surface area contributed by atoms with Gasteiger partial charge in [0.05, 0.1) is 17.1 Å². The van der Waals surface area contributed by atoms with Crippen LogP contribution in [-0.2, 0) is 11.0 Å². The zero-order chi connectivity index (χ0) is 14.8. The number of nitro benzene ring substituents is 1. The molecule has 0 aliphatic heterocycles. The Bertz CT molecular complexity index is 483. The molecule has 0 amide bonds. The highest BCUT2D eigenvalue weighted by Crippen LogP contribution is 2.37. The van der Waals surface area contributed by atoms with E-state index in [4.69, 9.17) is 4.43 Å². The van der Waals surface area contributed by atoms with Crippen molar-refractivity contribution in [3.63, 3.8) is 0 Å². The van der Waals surface area contributed by atoms with Gasteiger partial charge in [-0.05, 0) is 30.3 Å². The number of hydrogen-bond donors (Lipinski definition) is 0. The Morgan fingerprint density at radius 2 is 1.95 bits per heavy atom. The Kier molecular flexibility index (Phi) is 4.92. The van der Waals surface area contributed by atoms with Crippen molar-refractivity contribution < 1.29 is 9.35 Å². The molecule has 1 rings (SSSR count). The molecule has 0 aliphatic carbocycles. The Morgan fingerprint density at radius 1 is 1.37 bits per heavy atom. The lowest BCUT2D eigenvalue weighted by Gasteiger charge is -2.36. The SMILES string of the molecule is CC(C)(C)[Si](C)(C)OCc1cc(Br)ccc1[N+](=O)[O-]. The molecule has 0 saturated heterocycles. The summed E-state index contributed by atoms with van der Waals surface area (Å²) >= 11 is 3.34. The zero-order valence-corrected chi connectivity index (χ0v) is 14.6. The smallest absolute Gasteiger partial charge is 0.274 e. The van der Waals surface area contributed by atoms with Gasteiger partial charge in [-0.25, -0.2) is 0 Å². The highest BCUT2D eigenvalue weighted by Gasteiger charge is 2.37. The predicted octanol–water partition coefficient (Wildman–Crippen LogP) is 4.88. The Hall–Kier alpha value is -0.723. The van der Waals surface area contributed by atoms with E-state index in [2.05, 4.69) is 49.8 Å². The molecule has 0 unspecified atom stereocenters. The molecule has 1 aromatic rings. The van der Waals surface area contributed by atoms with Crippen molar-refractivity contribution in [2.24, 2.45) is 0 Å². The highest BCUT2D eigenvalue weighted by atomic mass is 79.9. The topological polar surface area (TPSA) is 52.4 Å². The third-order valence-corrected chi connectivity index (χ3v) is 8.60. The van der Waals surface area contributed by atoms with E-state index in [1.54, 1.807) is 12.1 Å². The van der Waals surface area contributed by atoms with E-state index < -0.39 is 8.32 Å².